The van der Waals surface area contributed by atoms with E-state index in [1.165, 1.54) is 16.8 Å². The predicted molar refractivity (Wildman–Crippen MR) is 53.5 cm³/mol. The SMILES string of the molecule is N.Nc1ccn([C@H]2C[C@H](O)CO2)c(=O)n1. The largest absolute Gasteiger partial charge is 0.391 e. The standard InChI is InChI=1S/C8H11N3O3.H3N/c9-6-1-2-11(8(13)10-6)7-3-5(12)4-14-7;/h1-2,5,7,12H,3-4H2,(H2,9,10,13);1H3/t5-,7+;/m0./s1. The molecule has 15 heavy (non-hydrogen) atoms. The van der Waals surface area contributed by atoms with Crippen LogP contribution in [0.15, 0.2) is 17.1 Å². The quantitative estimate of drug-likeness (QED) is 0.565. The predicted octanol–water partition coefficient (Wildman–Crippen LogP) is -0.733. The Labute approximate surface area is 86.1 Å². The maximum absolute atomic E-state index is 11.3. The third kappa shape index (κ3) is 2.32. The molecule has 7 nitrogen and oxygen atoms in total. The van der Waals surface area contributed by atoms with Gasteiger partial charge >= 0.3 is 5.69 Å². The van der Waals surface area contributed by atoms with Gasteiger partial charge in [-0.2, -0.15) is 4.98 Å². The second-order valence-corrected chi connectivity index (χ2v) is 3.22. The first kappa shape index (κ1) is 11.6. The maximum Gasteiger partial charge on any atom is 0.351 e. The van der Waals surface area contributed by atoms with Gasteiger partial charge in [-0.3, -0.25) is 4.57 Å². The Morgan fingerprint density at radius 1 is 1.67 bits per heavy atom. The number of hydrogen-bond acceptors (Lipinski definition) is 6. The molecule has 2 atom stereocenters. The number of nitrogen functional groups attached to an aromatic ring is 1. The first-order valence-corrected chi connectivity index (χ1v) is 4.31. The van der Waals surface area contributed by atoms with Crippen LogP contribution in [0.1, 0.15) is 12.6 Å². The summed E-state index contributed by atoms with van der Waals surface area (Å²) in [4.78, 5) is 14.9. The number of ether oxygens (including phenoxy) is 1. The van der Waals surface area contributed by atoms with Crippen LogP contribution >= 0.6 is 0 Å². The molecule has 2 rings (SSSR count). The minimum atomic E-state index is -0.510. The molecule has 0 spiro atoms. The Morgan fingerprint density at radius 3 is 2.93 bits per heavy atom. The van der Waals surface area contributed by atoms with E-state index in [1.54, 1.807) is 0 Å². The minimum Gasteiger partial charge on any atom is -0.391 e. The molecule has 84 valence electrons. The van der Waals surface area contributed by atoms with Crippen LogP contribution < -0.4 is 17.6 Å². The number of nitrogens with zero attached hydrogens (tertiary/aromatic N) is 2. The fraction of sp³-hybridized carbons (Fsp3) is 0.500. The van der Waals surface area contributed by atoms with Crippen LogP contribution in [0.25, 0.3) is 0 Å². The summed E-state index contributed by atoms with van der Waals surface area (Å²) in [6, 6.07) is 1.52. The van der Waals surface area contributed by atoms with Gasteiger partial charge in [0.2, 0.25) is 0 Å². The van der Waals surface area contributed by atoms with Gasteiger partial charge in [0.15, 0.2) is 0 Å². The van der Waals surface area contributed by atoms with Crippen LogP contribution in [0.5, 0.6) is 0 Å². The maximum atomic E-state index is 11.3. The Hall–Kier alpha value is -1.44. The number of rotatable bonds is 1. The van der Waals surface area contributed by atoms with E-state index >= 15 is 0 Å². The molecule has 0 bridgehead atoms. The van der Waals surface area contributed by atoms with E-state index in [9.17, 15) is 9.90 Å². The molecule has 0 radical (unpaired) electrons. The van der Waals surface area contributed by atoms with Crippen molar-refractivity contribution in [3.8, 4) is 0 Å². The lowest BCUT2D eigenvalue weighted by Gasteiger charge is -2.11. The van der Waals surface area contributed by atoms with Crippen molar-refractivity contribution in [2.75, 3.05) is 12.3 Å². The highest BCUT2D eigenvalue weighted by Crippen LogP contribution is 2.21. The number of anilines is 1. The number of hydrogen-bond donors (Lipinski definition) is 3. The van der Waals surface area contributed by atoms with Crippen molar-refractivity contribution >= 4 is 5.82 Å². The molecule has 0 aromatic carbocycles. The summed E-state index contributed by atoms with van der Waals surface area (Å²) in [5.74, 6) is 0.185. The normalized spacial score (nSPS) is 24.9. The van der Waals surface area contributed by atoms with Gasteiger partial charge in [-0.05, 0) is 6.07 Å². The summed E-state index contributed by atoms with van der Waals surface area (Å²) in [5, 5.41) is 9.22. The van der Waals surface area contributed by atoms with Crippen molar-refractivity contribution in [3.05, 3.63) is 22.7 Å². The highest BCUT2D eigenvalue weighted by atomic mass is 16.5. The molecule has 0 saturated carbocycles. The van der Waals surface area contributed by atoms with Gasteiger partial charge in [0.25, 0.3) is 0 Å². The van der Waals surface area contributed by atoms with E-state index in [-0.39, 0.29) is 18.6 Å². The topological polar surface area (TPSA) is 125 Å². The summed E-state index contributed by atoms with van der Waals surface area (Å²) in [6.45, 7) is 0.251. The molecule has 2 heterocycles. The molecule has 1 aliphatic heterocycles. The molecule has 1 fully saturated rings. The van der Waals surface area contributed by atoms with Gasteiger partial charge in [0.05, 0.1) is 12.7 Å². The van der Waals surface area contributed by atoms with Crippen LogP contribution in [0, 0.1) is 0 Å². The molecule has 0 amide bonds. The molecule has 0 aliphatic carbocycles. The van der Waals surface area contributed by atoms with Crippen molar-refractivity contribution in [2.45, 2.75) is 18.8 Å². The lowest BCUT2D eigenvalue weighted by molar-refractivity contribution is 0.0448. The van der Waals surface area contributed by atoms with Crippen molar-refractivity contribution in [3.63, 3.8) is 0 Å². The van der Waals surface area contributed by atoms with Crippen LogP contribution in [-0.2, 0) is 4.74 Å². The molecule has 1 saturated heterocycles. The van der Waals surface area contributed by atoms with E-state index in [1.807, 2.05) is 0 Å². The first-order valence-electron chi connectivity index (χ1n) is 4.31. The smallest absolute Gasteiger partial charge is 0.351 e. The van der Waals surface area contributed by atoms with Gasteiger partial charge in [0, 0.05) is 12.6 Å². The van der Waals surface area contributed by atoms with E-state index in [0.29, 0.717) is 6.42 Å². The van der Waals surface area contributed by atoms with Gasteiger partial charge in [-0.15, -0.1) is 0 Å². The van der Waals surface area contributed by atoms with Gasteiger partial charge in [0.1, 0.15) is 12.0 Å². The third-order valence-electron chi connectivity index (χ3n) is 2.12. The van der Waals surface area contributed by atoms with Crippen molar-refractivity contribution in [2.24, 2.45) is 0 Å². The summed E-state index contributed by atoms with van der Waals surface area (Å²) in [6.07, 6.45) is 0.994. The zero-order valence-corrected chi connectivity index (χ0v) is 8.17. The Bertz CT molecular complexity index is 392. The average molecular weight is 214 g/mol. The van der Waals surface area contributed by atoms with Crippen molar-refractivity contribution in [1.82, 2.24) is 15.7 Å². The molecule has 6 N–H and O–H groups in total. The Morgan fingerprint density at radius 2 is 2.40 bits per heavy atom. The zero-order chi connectivity index (χ0) is 10.1. The van der Waals surface area contributed by atoms with Crippen LogP contribution in [-0.4, -0.2) is 27.4 Å². The first-order chi connectivity index (χ1) is 6.66. The molecule has 1 aromatic rings. The average Bonchev–Trinajstić information content (AvgIpc) is 2.51. The minimum absolute atomic E-state index is 0. The van der Waals surface area contributed by atoms with E-state index < -0.39 is 18.0 Å². The molecular weight excluding hydrogens is 200 g/mol. The van der Waals surface area contributed by atoms with Crippen molar-refractivity contribution < 1.29 is 9.84 Å². The number of aliphatic hydroxyl groups is 1. The van der Waals surface area contributed by atoms with Gasteiger partial charge in [-0.1, -0.05) is 0 Å². The molecule has 1 aromatic heterocycles. The van der Waals surface area contributed by atoms with Crippen LogP contribution in [0.3, 0.4) is 0 Å². The van der Waals surface area contributed by atoms with E-state index in [0.717, 1.165) is 0 Å². The number of aliphatic hydroxyl groups excluding tert-OH is 1. The highest BCUT2D eigenvalue weighted by molar-refractivity contribution is 5.23. The molecule has 0 unspecified atom stereocenters. The summed E-state index contributed by atoms with van der Waals surface area (Å²) in [7, 11) is 0. The lowest BCUT2D eigenvalue weighted by Crippen LogP contribution is -2.26. The molecule has 7 heteroatoms. The second kappa shape index (κ2) is 4.39. The molecule has 1 aliphatic rings. The van der Waals surface area contributed by atoms with E-state index in [2.05, 4.69) is 4.98 Å². The lowest BCUT2D eigenvalue weighted by atomic mass is 10.3. The van der Waals surface area contributed by atoms with Crippen LogP contribution in [0.2, 0.25) is 0 Å². The Kier molecular flexibility index (Phi) is 3.40. The van der Waals surface area contributed by atoms with Gasteiger partial charge in [-0.25, -0.2) is 4.79 Å². The summed E-state index contributed by atoms with van der Waals surface area (Å²) < 4.78 is 6.53. The van der Waals surface area contributed by atoms with Crippen LogP contribution in [0.4, 0.5) is 5.82 Å². The summed E-state index contributed by atoms with van der Waals surface area (Å²) in [5.41, 5.74) is 4.88. The fourth-order valence-electron chi connectivity index (χ4n) is 1.43. The monoisotopic (exact) mass is 214 g/mol. The van der Waals surface area contributed by atoms with Crippen molar-refractivity contribution in [1.29, 1.82) is 0 Å². The molecular formula is C8H14N4O3. The summed E-state index contributed by atoms with van der Waals surface area (Å²) >= 11 is 0. The Balaban J connectivity index is 0.00000112. The zero-order valence-electron chi connectivity index (χ0n) is 8.17. The third-order valence-corrected chi connectivity index (χ3v) is 2.12. The second-order valence-electron chi connectivity index (χ2n) is 3.22. The number of nitrogens with two attached hydrogens (primary N) is 1. The fourth-order valence-corrected chi connectivity index (χ4v) is 1.43. The van der Waals surface area contributed by atoms with Gasteiger partial charge < -0.3 is 21.7 Å². The highest BCUT2D eigenvalue weighted by Gasteiger charge is 2.25. The van der Waals surface area contributed by atoms with E-state index in [4.69, 9.17) is 10.5 Å². The number of aromatic nitrogens is 2.